The number of hydrogen-bond acceptors (Lipinski definition) is 4. The molecule has 0 unspecified atom stereocenters. The summed E-state index contributed by atoms with van der Waals surface area (Å²) in [6.45, 7) is 0. The van der Waals surface area contributed by atoms with Gasteiger partial charge in [0.2, 0.25) is 0 Å². The molecule has 0 spiro atoms. The lowest BCUT2D eigenvalue weighted by Gasteiger charge is -2.10. The summed E-state index contributed by atoms with van der Waals surface area (Å²) in [5, 5.41) is 20.3. The molecule has 14 rings (SSSR count). The molecular weight excluding hydrogens is 873 g/mol. The lowest BCUT2D eigenvalue weighted by atomic mass is 10.00. The highest BCUT2D eigenvalue weighted by atomic mass is 32.2. The van der Waals surface area contributed by atoms with Crippen LogP contribution in [0.25, 0.3) is 106 Å². The maximum atomic E-state index is 2.41. The Morgan fingerprint density at radius 3 is 0.561 bits per heavy atom. The molecule has 2 aliphatic heterocycles. The van der Waals surface area contributed by atoms with Crippen molar-refractivity contribution in [3.8, 4) is 0 Å². The fourth-order valence-corrected chi connectivity index (χ4v) is 15.6. The predicted octanol–water partition coefficient (Wildman–Crippen LogP) is 19.4. The van der Waals surface area contributed by atoms with Gasteiger partial charge in [0, 0.05) is 19.6 Å². The van der Waals surface area contributed by atoms with E-state index in [-0.39, 0.29) is 0 Å². The Morgan fingerprint density at radius 2 is 0.348 bits per heavy atom. The van der Waals surface area contributed by atoms with E-state index in [1.165, 1.54) is 137 Å². The van der Waals surface area contributed by atoms with E-state index in [2.05, 4.69) is 218 Å². The molecular formula is C62H36S4. The predicted molar refractivity (Wildman–Crippen MR) is 297 cm³/mol. The number of hydrogen-bond donors (Lipinski definition) is 0. The van der Waals surface area contributed by atoms with E-state index in [0.29, 0.717) is 0 Å². The zero-order chi connectivity index (χ0) is 43.3. The van der Waals surface area contributed by atoms with E-state index in [4.69, 9.17) is 0 Å². The van der Waals surface area contributed by atoms with Crippen LogP contribution in [-0.4, -0.2) is 0 Å². The third kappa shape index (κ3) is 6.66. The molecule has 0 radical (unpaired) electrons. The van der Waals surface area contributed by atoms with Crippen LogP contribution in [0.4, 0.5) is 0 Å². The van der Waals surface area contributed by atoms with Crippen LogP contribution < -0.4 is 0 Å². The zero-order valence-corrected chi connectivity index (χ0v) is 38.7. The zero-order valence-electron chi connectivity index (χ0n) is 35.4. The Bertz CT molecular complexity index is 3640. The minimum Gasteiger partial charge on any atom is -0.0791 e. The first-order chi connectivity index (χ1) is 32.6. The Balaban J connectivity index is 0.923. The summed E-state index contributed by atoms with van der Waals surface area (Å²) >= 11 is 7.76. The van der Waals surface area contributed by atoms with Gasteiger partial charge in [-0.15, -0.1) is 0 Å². The minimum absolute atomic E-state index is 1.25. The Labute approximate surface area is 399 Å². The van der Waals surface area contributed by atoms with Crippen molar-refractivity contribution < 1.29 is 0 Å². The summed E-state index contributed by atoms with van der Waals surface area (Å²) in [5.74, 6) is 0. The van der Waals surface area contributed by atoms with Crippen LogP contribution in [0, 0.1) is 0 Å². The van der Waals surface area contributed by atoms with Crippen molar-refractivity contribution in [1.29, 1.82) is 0 Å². The largest absolute Gasteiger partial charge is 0.0791 e. The number of thioether (sulfide) groups is 4. The van der Waals surface area contributed by atoms with Gasteiger partial charge >= 0.3 is 0 Å². The van der Waals surface area contributed by atoms with Crippen molar-refractivity contribution in [2.75, 3.05) is 0 Å². The summed E-state index contributed by atoms with van der Waals surface area (Å²) in [5.41, 5.74) is 5.02. The molecule has 2 heterocycles. The second kappa shape index (κ2) is 15.5. The van der Waals surface area contributed by atoms with Crippen LogP contribution in [0.5, 0.6) is 0 Å². The van der Waals surface area contributed by atoms with Gasteiger partial charge in [-0.05, 0) is 181 Å². The van der Waals surface area contributed by atoms with E-state index in [1.54, 1.807) is 0 Å². The number of benzene rings is 12. The Kier molecular flexibility index (Phi) is 9.05. The van der Waals surface area contributed by atoms with Gasteiger partial charge < -0.3 is 0 Å². The standard InChI is InChI=1S/C62H36S4/c1-5-13-41-29-53-33-49(21-17-45(53)25-37(41)9-1)57-58(50-22-18-46-26-38-10-2-6-14-42(38)30-54(46)34-50)64-61(63-57)62-65-59(51-23-19-47-27-39-11-3-7-15-43(39)31-55(47)35-51)60(66-62)52-24-20-48-28-40-12-4-8-16-44(40)32-56(48)36-52/h1-36H. The molecule has 12 aromatic carbocycles. The van der Waals surface area contributed by atoms with Crippen molar-refractivity contribution in [3.05, 3.63) is 249 Å². The van der Waals surface area contributed by atoms with Gasteiger partial charge in [0.15, 0.2) is 0 Å². The topological polar surface area (TPSA) is 0 Å². The average Bonchev–Trinajstić information content (AvgIpc) is 4.02. The maximum Gasteiger partial charge on any atom is 0.0707 e. The second-order valence-electron chi connectivity index (χ2n) is 17.3. The highest BCUT2D eigenvalue weighted by Crippen LogP contribution is 2.67. The lowest BCUT2D eigenvalue weighted by Crippen LogP contribution is -1.85. The summed E-state index contributed by atoms with van der Waals surface area (Å²) in [7, 11) is 0. The summed E-state index contributed by atoms with van der Waals surface area (Å²) in [6, 6.07) is 81.7. The van der Waals surface area contributed by atoms with E-state index >= 15 is 0 Å². The van der Waals surface area contributed by atoms with Crippen molar-refractivity contribution in [2.45, 2.75) is 0 Å². The first kappa shape index (κ1) is 38.6. The normalized spacial score (nSPS) is 14.5. The van der Waals surface area contributed by atoms with Gasteiger partial charge in [-0.3, -0.25) is 0 Å². The van der Waals surface area contributed by atoms with Gasteiger partial charge in [0.25, 0.3) is 0 Å². The first-order valence-corrected chi connectivity index (χ1v) is 25.5. The Hall–Kier alpha value is -6.66. The minimum atomic E-state index is 1.25. The molecule has 0 saturated carbocycles. The van der Waals surface area contributed by atoms with E-state index in [9.17, 15) is 0 Å². The quantitative estimate of drug-likeness (QED) is 0.161. The van der Waals surface area contributed by atoms with Gasteiger partial charge in [-0.2, -0.15) is 0 Å². The maximum absolute atomic E-state index is 2.41. The van der Waals surface area contributed by atoms with Crippen molar-refractivity contribution in [1.82, 2.24) is 0 Å². The number of rotatable bonds is 4. The smallest absolute Gasteiger partial charge is 0.0707 e. The van der Waals surface area contributed by atoms with Gasteiger partial charge in [0.1, 0.15) is 0 Å². The molecule has 0 aliphatic carbocycles. The molecule has 0 bridgehead atoms. The second-order valence-corrected chi connectivity index (χ2v) is 21.9. The first-order valence-electron chi connectivity index (χ1n) is 22.3. The molecule has 66 heavy (non-hydrogen) atoms. The molecule has 0 saturated heterocycles. The van der Waals surface area contributed by atoms with Gasteiger partial charge in [0.05, 0.1) is 8.47 Å². The molecule has 0 amide bonds. The molecule has 0 fully saturated rings. The highest BCUT2D eigenvalue weighted by Gasteiger charge is 2.32. The molecule has 4 heteroatoms. The van der Waals surface area contributed by atoms with Crippen LogP contribution >= 0.6 is 47.0 Å². The summed E-state index contributed by atoms with van der Waals surface area (Å²) in [4.78, 5) is 5.24. The van der Waals surface area contributed by atoms with Crippen LogP contribution in [0.2, 0.25) is 0 Å². The van der Waals surface area contributed by atoms with Crippen molar-refractivity contribution in [3.63, 3.8) is 0 Å². The molecule has 0 aromatic heterocycles. The van der Waals surface area contributed by atoms with E-state index in [0.717, 1.165) is 0 Å². The van der Waals surface area contributed by atoms with Gasteiger partial charge in [-0.1, -0.05) is 193 Å². The van der Waals surface area contributed by atoms with Crippen LogP contribution in [0.1, 0.15) is 22.3 Å². The molecule has 2 aliphatic rings. The van der Waals surface area contributed by atoms with Gasteiger partial charge in [-0.25, -0.2) is 0 Å². The monoisotopic (exact) mass is 908 g/mol. The van der Waals surface area contributed by atoms with Crippen LogP contribution in [-0.2, 0) is 0 Å². The molecule has 0 atom stereocenters. The third-order valence-electron chi connectivity index (χ3n) is 13.2. The fourth-order valence-electron chi connectivity index (χ4n) is 9.85. The fraction of sp³-hybridized carbons (Fsp3) is 0. The van der Waals surface area contributed by atoms with Crippen molar-refractivity contribution in [2.24, 2.45) is 0 Å². The van der Waals surface area contributed by atoms with Crippen molar-refractivity contribution >= 4 is 153 Å². The Morgan fingerprint density at radius 1 is 0.167 bits per heavy atom. The SMILES string of the molecule is c1ccc2cc3cc(C4=C(c5ccc6cc7ccccc7cc6c5)SC(=C5SC(c6ccc7cc8ccccc8cc7c6)=C(c6ccc7cc8ccccc8cc7c6)S5)S4)ccc3cc2c1. The molecule has 0 N–H and O–H groups in total. The average molecular weight is 909 g/mol. The molecule has 12 aromatic rings. The third-order valence-corrected chi connectivity index (χ3v) is 19.1. The van der Waals surface area contributed by atoms with Crippen LogP contribution in [0.15, 0.2) is 227 Å². The van der Waals surface area contributed by atoms with Crippen LogP contribution in [0.3, 0.4) is 0 Å². The summed E-state index contributed by atoms with van der Waals surface area (Å²) in [6.07, 6.45) is 0. The lowest BCUT2D eigenvalue weighted by molar-refractivity contribution is 1.69. The summed E-state index contributed by atoms with van der Waals surface area (Å²) < 4.78 is 2.66. The molecule has 308 valence electrons. The van der Waals surface area contributed by atoms with E-state index < -0.39 is 0 Å². The number of fused-ring (bicyclic) bond motifs is 8. The molecule has 0 nitrogen and oxygen atoms in total. The highest BCUT2D eigenvalue weighted by molar-refractivity contribution is 8.39. The van der Waals surface area contributed by atoms with E-state index in [1.807, 2.05) is 47.0 Å².